The first-order chi connectivity index (χ1) is 8.91. The molecule has 2 atom stereocenters. The van der Waals surface area contributed by atoms with Crippen LogP contribution >= 0.6 is 11.6 Å². The number of hydrogen-bond acceptors (Lipinski definition) is 3. The third kappa shape index (κ3) is 3.75. The van der Waals surface area contributed by atoms with Crippen LogP contribution < -0.4 is 4.74 Å². The van der Waals surface area contributed by atoms with Crippen LogP contribution in [0, 0.1) is 0 Å². The number of rotatable bonds is 5. The van der Waals surface area contributed by atoms with Crippen LogP contribution in [-0.2, 0) is 9.47 Å². The molecule has 7 heteroatoms. The third-order valence-electron chi connectivity index (χ3n) is 2.63. The maximum Gasteiger partial charge on any atom is 0.418 e. The van der Waals surface area contributed by atoms with Crippen LogP contribution in [0.15, 0.2) is 18.2 Å². The number of hydrogen-bond donors (Lipinski definition) is 0. The molecule has 2 rings (SSSR count). The zero-order chi connectivity index (χ0) is 14.0. The van der Waals surface area contributed by atoms with Crippen molar-refractivity contribution in [1.29, 1.82) is 0 Å². The lowest BCUT2D eigenvalue weighted by Crippen LogP contribution is -2.25. The first kappa shape index (κ1) is 14.4. The molecular formula is C12H12ClF3O3. The molecule has 106 valence electrons. The van der Waals surface area contributed by atoms with Gasteiger partial charge < -0.3 is 14.2 Å². The Hall–Kier alpha value is -0.980. The minimum Gasteiger partial charge on any atom is -0.495 e. The van der Waals surface area contributed by atoms with Crippen molar-refractivity contribution in [1.82, 2.24) is 0 Å². The van der Waals surface area contributed by atoms with Crippen molar-refractivity contribution in [2.45, 2.75) is 18.4 Å². The first-order valence-electron chi connectivity index (χ1n) is 5.55. The number of alkyl halides is 3. The van der Waals surface area contributed by atoms with Gasteiger partial charge in [-0.3, -0.25) is 0 Å². The van der Waals surface area contributed by atoms with Crippen LogP contribution in [0.5, 0.6) is 5.75 Å². The molecule has 1 saturated heterocycles. The molecule has 0 aliphatic carbocycles. The number of methoxy groups -OCH3 is 1. The molecule has 1 heterocycles. The average molecular weight is 297 g/mol. The van der Waals surface area contributed by atoms with E-state index in [1.54, 1.807) is 0 Å². The summed E-state index contributed by atoms with van der Waals surface area (Å²) in [7, 11) is 1.39. The minimum absolute atomic E-state index is 0.0565. The van der Waals surface area contributed by atoms with E-state index in [-0.39, 0.29) is 23.3 Å². The second kappa shape index (κ2) is 5.56. The van der Waals surface area contributed by atoms with E-state index in [0.717, 1.165) is 0 Å². The third-order valence-corrected chi connectivity index (χ3v) is 2.92. The van der Waals surface area contributed by atoms with E-state index in [9.17, 15) is 13.2 Å². The van der Waals surface area contributed by atoms with Crippen molar-refractivity contribution in [3.8, 4) is 5.75 Å². The molecule has 0 bridgehead atoms. The number of benzene rings is 1. The second-order valence-corrected chi connectivity index (χ2v) is 4.51. The van der Waals surface area contributed by atoms with E-state index in [0.29, 0.717) is 12.4 Å². The van der Waals surface area contributed by atoms with E-state index in [4.69, 9.17) is 25.8 Å². The van der Waals surface area contributed by atoms with Gasteiger partial charge in [0.05, 0.1) is 25.3 Å². The molecule has 19 heavy (non-hydrogen) atoms. The Bertz CT molecular complexity index is 446. The largest absolute Gasteiger partial charge is 0.495 e. The Balaban J connectivity index is 2.18. The van der Waals surface area contributed by atoms with Gasteiger partial charge in [-0.15, -0.1) is 0 Å². The van der Waals surface area contributed by atoms with Crippen LogP contribution in [0.4, 0.5) is 13.2 Å². The zero-order valence-corrected chi connectivity index (χ0v) is 10.8. The predicted octanol–water partition coefficient (Wildman–Crippen LogP) is 3.37. The summed E-state index contributed by atoms with van der Waals surface area (Å²) in [6.07, 6.45) is -6.76. The van der Waals surface area contributed by atoms with Gasteiger partial charge in [-0.1, -0.05) is 17.7 Å². The van der Waals surface area contributed by atoms with Crippen LogP contribution in [0.25, 0.3) is 0 Å². The van der Waals surface area contributed by atoms with E-state index in [1.165, 1.54) is 25.3 Å². The Kier molecular flexibility index (Phi) is 4.23. The number of epoxide rings is 1. The SMILES string of the molecule is COc1ccc([C@@H](OC[C@H]2CO2)C(F)(F)F)cc1Cl. The molecule has 1 fully saturated rings. The van der Waals surface area contributed by atoms with Crippen LogP contribution in [0.3, 0.4) is 0 Å². The van der Waals surface area contributed by atoms with Gasteiger partial charge in [0.25, 0.3) is 0 Å². The Morgan fingerprint density at radius 3 is 2.63 bits per heavy atom. The highest BCUT2D eigenvalue weighted by Crippen LogP contribution is 2.38. The molecule has 0 saturated carbocycles. The standard InChI is InChI=1S/C12H12ClF3O3/c1-17-10-3-2-7(4-9(10)13)11(12(14,15)16)19-6-8-5-18-8/h2-4,8,11H,5-6H2,1H3/t8-,11-/m1/s1. The summed E-state index contributed by atoms with van der Waals surface area (Å²) < 4.78 is 53.5. The van der Waals surface area contributed by atoms with Gasteiger partial charge in [-0.05, 0) is 17.7 Å². The lowest BCUT2D eigenvalue weighted by molar-refractivity contribution is -0.224. The van der Waals surface area contributed by atoms with Crippen molar-refractivity contribution in [2.75, 3.05) is 20.3 Å². The highest BCUT2D eigenvalue weighted by molar-refractivity contribution is 6.32. The fourth-order valence-corrected chi connectivity index (χ4v) is 1.86. The molecule has 1 aromatic rings. The van der Waals surface area contributed by atoms with Crippen molar-refractivity contribution in [3.63, 3.8) is 0 Å². The summed E-state index contributed by atoms with van der Waals surface area (Å²) in [4.78, 5) is 0. The molecule has 0 N–H and O–H groups in total. The van der Waals surface area contributed by atoms with Crippen LogP contribution in [-0.4, -0.2) is 32.6 Å². The number of ether oxygens (including phenoxy) is 3. The number of halogens is 4. The van der Waals surface area contributed by atoms with Crippen molar-refractivity contribution >= 4 is 11.6 Å². The topological polar surface area (TPSA) is 31.0 Å². The lowest BCUT2D eigenvalue weighted by atomic mass is 10.1. The Morgan fingerprint density at radius 2 is 2.16 bits per heavy atom. The molecule has 1 aliphatic rings. The highest BCUT2D eigenvalue weighted by Gasteiger charge is 2.43. The Morgan fingerprint density at radius 1 is 1.47 bits per heavy atom. The molecular weight excluding hydrogens is 285 g/mol. The normalized spacial score (nSPS) is 20.2. The maximum atomic E-state index is 13.0. The molecule has 0 aromatic heterocycles. The van der Waals surface area contributed by atoms with Gasteiger partial charge in [-0.2, -0.15) is 13.2 Å². The van der Waals surface area contributed by atoms with Crippen LogP contribution in [0.1, 0.15) is 11.7 Å². The smallest absolute Gasteiger partial charge is 0.418 e. The monoisotopic (exact) mass is 296 g/mol. The van der Waals surface area contributed by atoms with Gasteiger partial charge in [-0.25, -0.2) is 0 Å². The van der Waals surface area contributed by atoms with Crippen molar-refractivity contribution < 1.29 is 27.4 Å². The molecule has 1 aromatic carbocycles. The molecule has 0 spiro atoms. The van der Waals surface area contributed by atoms with Gasteiger partial charge in [0.2, 0.25) is 0 Å². The van der Waals surface area contributed by atoms with Gasteiger partial charge >= 0.3 is 6.18 Å². The molecule has 0 unspecified atom stereocenters. The van der Waals surface area contributed by atoms with E-state index in [2.05, 4.69) is 0 Å². The molecule has 0 amide bonds. The van der Waals surface area contributed by atoms with Crippen LogP contribution in [0.2, 0.25) is 5.02 Å². The summed E-state index contributed by atoms with van der Waals surface area (Å²) in [5.74, 6) is 0.317. The maximum absolute atomic E-state index is 13.0. The highest BCUT2D eigenvalue weighted by atomic mass is 35.5. The van der Waals surface area contributed by atoms with Gasteiger partial charge in [0.1, 0.15) is 11.9 Å². The summed E-state index contributed by atoms with van der Waals surface area (Å²) in [5.41, 5.74) is -0.0565. The van der Waals surface area contributed by atoms with Gasteiger partial charge in [0.15, 0.2) is 6.10 Å². The Labute approximate surface area is 113 Å². The lowest BCUT2D eigenvalue weighted by Gasteiger charge is -2.21. The van der Waals surface area contributed by atoms with E-state index < -0.39 is 12.3 Å². The van der Waals surface area contributed by atoms with Crippen molar-refractivity contribution in [2.24, 2.45) is 0 Å². The first-order valence-corrected chi connectivity index (χ1v) is 5.93. The van der Waals surface area contributed by atoms with E-state index in [1.807, 2.05) is 0 Å². The summed E-state index contributed by atoms with van der Waals surface area (Å²) in [6, 6.07) is 3.87. The van der Waals surface area contributed by atoms with Gasteiger partial charge in [0, 0.05) is 0 Å². The summed E-state index contributed by atoms with van der Waals surface area (Å²) in [6.45, 7) is 0.349. The fraction of sp³-hybridized carbons (Fsp3) is 0.500. The second-order valence-electron chi connectivity index (χ2n) is 4.10. The van der Waals surface area contributed by atoms with E-state index >= 15 is 0 Å². The minimum atomic E-state index is -4.51. The fourth-order valence-electron chi connectivity index (χ4n) is 1.59. The zero-order valence-electron chi connectivity index (χ0n) is 10.0. The summed E-state index contributed by atoms with van der Waals surface area (Å²) in [5, 5.41) is 0.112. The molecule has 3 nitrogen and oxygen atoms in total. The quantitative estimate of drug-likeness (QED) is 0.781. The molecule has 0 radical (unpaired) electrons. The molecule has 1 aliphatic heterocycles. The van der Waals surface area contributed by atoms with Crippen molar-refractivity contribution in [3.05, 3.63) is 28.8 Å². The average Bonchev–Trinajstić information content (AvgIpc) is 3.12. The predicted molar refractivity (Wildman–Crippen MR) is 62.5 cm³/mol. The summed E-state index contributed by atoms with van der Waals surface area (Å²) >= 11 is 5.83.